The zero-order chi connectivity index (χ0) is 14.9. The summed E-state index contributed by atoms with van der Waals surface area (Å²) in [7, 11) is 0. The van der Waals surface area contributed by atoms with Gasteiger partial charge in [0.05, 0.1) is 18.9 Å². The maximum atomic E-state index is 11.7. The topological polar surface area (TPSA) is 89.0 Å². The van der Waals surface area contributed by atoms with Crippen LogP contribution in [-0.4, -0.2) is 40.1 Å². The van der Waals surface area contributed by atoms with E-state index in [-0.39, 0.29) is 18.6 Å². The first-order chi connectivity index (χ1) is 10.2. The van der Waals surface area contributed by atoms with Gasteiger partial charge in [-0.25, -0.2) is 4.98 Å². The molecule has 2 rings (SSSR count). The van der Waals surface area contributed by atoms with Crippen molar-refractivity contribution in [2.75, 3.05) is 18.4 Å². The Bertz CT molecular complexity index is 550. The summed E-state index contributed by atoms with van der Waals surface area (Å²) in [4.78, 5) is 23.5. The number of hydrogen-bond donors (Lipinski definition) is 2. The number of carbonyl (C=O) groups excluding carboxylic acids is 1. The summed E-state index contributed by atoms with van der Waals surface area (Å²) in [5.74, 6) is 0.962. The molecule has 2 aromatic heterocycles. The standard InChI is InChI=1S/C14H17N5O2/c1-11(21-12-3-2-4-15-8-12)7-17-10-14(20)19-13-9-16-5-6-18-13/h2-6,8-9,11,17H,7,10H2,1H3,(H,18,19,20)/t11-/m0/s1. The maximum absolute atomic E-state index is 11.7. The normalized spacial score (nSPS) is 11.7. The maximum Gasteiger partial charge on any atom is 0.239 e. The number of nitrogens with one attached hydrogen (secondary N) is 2. The monoisotopic (exact) mass is 287 g/mol. The zero-order valence-corrected chi connectivity index (χ0v) is 11.7. The van der Waals surface area contributed by atoms with Gasteiger partial charge in [0.2, 0.25) is 5.91 Å². The van der Waals surface area contributed by atoms with Crippen LogP contribution in [0.5, 0.6) is 5.75 Å². The highest BCUT2D eigenvalue weighted by Crippen LogP contribution is 2.08. The predicted molar refractivity (Wildman–Crippen MR) is 77.9 cm³/mol. The highest BCUT2D eigenvalue weighted by atomic mass is 16.5. The summed E-state index contributed by atoms with van der Waals surface area (Å²) in [5, 5.41) is 5.66. The van der Waals surface area contributed by atoms with E-state index >= 15 is 0 Å². The third-order valence-corrected chi connectivity index (χ3v) is 2.52. The smallest absolute Gasteiger partial charge is 0.239 e. The van der Waals surface area contributed by atoms with Crippen molar-refractivity contribution in [3.63, 3.8) is 0 Å². The van der Waals surface area contributed by atoms with Crippen LogP contribution < -0.4 is 15.4 Å². The summed E-state index contributed by atoms with van der Waals surface area (Å²) < 4.78 is 5.64. The Balaban J connectivity index is 1.66. The van der Waals surface area contributed by atoms with Crippen LogP contribution in [0.25, 0.3) is 0 Å². The number of nitrogens with zero attached hydrogens (tertiary/aromatic N) is 3. The number of hydrogen-bond acceptors (Lipinski definition) is 6. The lowest BCUT2D eigenvalue weighted by Crippen LogP contribution is -2.35. The predicted octanol–water partition coefficient (Wildman–Crippen LogP) is 0.867. The molecule has 0 saturated heterocycles. The number of anilines is 1. The molecule has 21 heavy (non-hydrogen) atoms. The van der Waals surface area contributed by atoms with Gasteiger partial charge in [-0.15, -0.1) is 0 Å². The quantitative estimate of drug-likeness (QED) is 0.785. The van der Waals surface area contributed by atoms with E-state index in [9.17, 15) is 4.79 Å². The molecule has 7 heteroatoms. The zero-order valence-electron chi connectivity index (χ0n) is 11.7. The van der Waals surface area contributed by atoms with Crippen molar-refractivity contribution in [2.24, 2.45) is 0 Å². The van der Waals surface area contributed by atoms with Gasteiger partial charge >= 0.3 is 0 Å². The molecule has 2 aromatic rings. The van der Waals surface area contributed by atoms with Crippen LogP contribution in [-0.2, 0) is 4.79 Å². The van der Waals surface area contributed by atoms with Crippen LogP contribution in [0.15, 0.2) is 43.1 Å². The molecule has 7 nitrogen and oxygen atoms in total. The Morgan fingerprint density at radius 1 is 1.29 bits per heavy atom. The minimum absolute atomic E-state index is 0.0708. The number of pyridine rings is 1. The molecule has 0 fully saturated rings. The Morgan fingerprint density at radius 3 is 2.86 bits per heavy atom. The molecule has 0 aliphatic carbocycles. The molecule has 0 aliphatic rings. The van der Waals surface area contributed by atoms with Crippen LogP contribution in [0.4, 0.5) is 5.82 Å². The molecule has 110 valence electrons. The van der Waals surface area contributed by atoms with E-state index in [2.05, 4.69) is 25.6 Å². The van der Waals surface area contributed by atoms with Gasteiger partial charge in [-0.3, -0.25) is 14.8 Å². The van der Waals surface area contributed by atoms with Crippen LogP contribution in [0.1, 0.15) is 6.92 Å². The third-order valence-electron chi connectivity index (χ3n) is 2.52. The lowest BCUT2D eigenvalue weighted by Gasteiger charge is -2.14. The van der Waals surface area contributed by atoms with E-state index in [1.807, 2.05) is 19.1 Å². The molecule has 1 amide bonds. The summed E-state index contributed by atoms with van der Waals surface area (Å²) in [6.07, 6.45) is 7.83. The van der Waals surface area contributed by atoms with Crippen molar-refractivity contribution in [3.8, 4) is 5.75 Å². The van der Waals surface area contributed by atoms with Gasteiger partial charge in [0.25, 0.3) is 0 Å². The molecule has 1 atom stereocenters. The second-order valence-electron chi connectivity index (χ2n) is 4.39. The van der Waals surface area contributed by atoms with Crippen LogP contribution in [0, 0.1) is 0 Å². The van der Waals surface area contributed by atoms with Gasteiger partial charge in [-0.1, -0.05) is 0 Å². The molecule has 0 aromatic carbocycles. The van der Waals surface area contributed by atoms with Crippen molar-refractivity contribution >= 4 is 11.7 Å². The fourth-order valence-electron chi connectivity index (χ4n) is 1.63. The summed E-state index contributed by atoms with van der Waals surface area (Å²) in [6.45, 7) is 2.64. The van der Waals surface area contributed by atoms with Crippen molar-refractivity contribution in [2.45, 2.75) is 13.0 Å². The highest BCUT2D eigenvalue weighted by Gasteiger charge is 2.06. The minimum Gasteiger partial charge on any atom is -0.488 e. The van der Waals surface area contributed by atoms with Crippen molar-refractivity contribution in [3.05, 3.63) is 43.1 Å². The first kappa shape index (κ1) is 14.9. The Kier molecular flexibility index (Phi) is 5.60. The molecular weight excluding hydrogens is 270 g/mol. The summed E-state index contributed by atoms with van der Waals surface area (Å²) in [6, 6.07) is 3.65. The average Bonchev–Trinajstić information content (AvgIpc) is 2.49. The SMILES string of the molecule is C[C@@H](CNCC(=O)Nc1cnccn1)Oc1cccnc1. The largest absolute Gasteiger partial charge is 0.488 e. The van der Waals surface area contributed by atoms with Gasteiger partial charge in [0.1, 0.15) is 11.9 Å². The molecule has 0 saturated carbocycles. The third kappa shape index (κ3) is 5.53. The summed E-state index contributed by atoms with van der Waals surface area (Å²) in [5.41, 5.74) is 0. The summed E-state index contributed by atoms with van der Waals surface area (Å²) >= 11 is 0. The van der Waals surface area contributed by atoms with Crippen molar-refractivity contribution in [1.29, 1.82) is 0 Å². The van der Waals surface area contributed by atoms with E-state index < -0.39 is 0 Å². The molecule has 0 unspecified atom stereocenters. The lowest BCUT2D eigenvalue weighted by atomic mass is 10.3. The fraction of sp³-hybridized carbons (Fsp3) is 0.286. The molecule has 0 spiro atoms. The van der Waals surface area contributed by atoms with Gasteiger partial charge < -0.3 is 15.4 Å². The van der Waals surface area contributed by atoms with E-state index in [0.717, 1.165) is 0 Å². The number of ether oxygens (including phenoxy) is 1. The van der Waals surface area contributed by atoms with Crippen molar-refractivity contribution in [1.82, 2.24) is 20.3 Å². The number of aromatic nitrogens is 3. The Hall–Kier alpha value is -2.54. The van der Waals surface area contributed by atoms with Crippen LogP contribution in [0.2, 0.25) is 0 Å². The molecule has 2 N–H and O–H groups in total. The number of amides is 1. The van der Waals surface area contributed by atoms with Crippen LogP contribution in [0.3, 0.4) is 0 Å². The van der Waals surface area contributed by atoms with Crippen LogP contribution >= 0.6 is 0 Å². The molecular formula is C14H17N5O2. The second-order valence-corrected chi connectivity index (χ2v) is 4.39. The van der Waals surface area contributed by atoms with Gasteiger partial charge in [-0.05, 0) is 19.1 Å². The molecule has 0 bridgehead atoms. The van der Waals surface area contributed by atoms with Gasteiger partial charge in [0, 0.05) is 25.1 Å². The van der Waals surface area contributed by atoms with E-state index in [4.69, 9.17) is 4.74 Å². The average molecular weight is 287 g/mol. The number of rotatable bonds is 7. The molecule has 0 aliphatic heterocycles. The lowest BCUT2D eigenvalue weighted by molar-refractivity contribution is -0.115. The number of carbonyl (C=O) groups is 1. The first-order valence-electron chi connectivity index (χ1n) is 6.57. The van der Waals surface area contributed by atoms with E-state index in [1.165, 1.54) is 12.4 Å². The molecule has 2 heterocycles. The van der Waals surface area contributed by atoms with E-state index in [0.29, 0.717) is 18.1 Å². The van der Waals surface area contributed by atoms with Crippen molar-refractivity contribution < 1.29 is 9.53 Å². The first-order valence-corrected chi connectivity index (χ1v) is 6.57. The Morgan fingerprint density at radius 2 is 2.14 bits per heavy atom. The van der Waals surface area contributed by atoms with Gasteiger partial charge in [0.15, 0.2) is 5.82 Å². The fourth-order valence-corrected chi connectivity index (χ4v) is 1.63. The van der Waals surface area contributed by atoms with Gasteiger partial charge in [-0.2, -0.15) is 0 Å². The second kappa shape index (κ2) is 7.91. The minimum atomic E-state index is -0.177. The molecule has 0 radical (unpaired) electrons. The Labute approximate surface area is 122 Å². The highest BCUT2D eigenvalue weighted by molar-refractivity contribution is 5.91. The van der Waals surface area contributed by atoms with E-state index in [1.54, 1.807) is 18.6 Å².